The molecule has 0 aromatic rings. The zero-order valence-electron chi connectivity index (χ0n) is 8.16. The van der Waals surface area contributed by atoms with Gasteiger partial charge in [-0.3, -0.25) is 0 Å². The van der Waals surface area contributed by atoms with Gasteiger partial charge in [0.1, 0.15) is 0 Å². The first kappa shape index (κ1) is 11.8. The van der Waals surface area contributed by atoms with Gasteiger partial charge in [0.25, 0.3) is 0 Å². The molecule has 4 nitrogen and oxygen atoms in total. The van der Waals surface area contributed by atoms with Crippen molar-refractivity contribution in [1.82, 2.24) is 0 Å². The van der Waals surface area contributed by atoms with Crippen LogP contribution in [0.3, 0.4) is 0 Å². The standard InChI is InChI=1S/C8H18O4/c1-5-6-11-8(9,10-4)12-7(2)3/h7,9H,5-6H2,1-4H3. The first-order chi connectivity index (χ1) is 5.54. The number of hydrogen-bond acceptors (Lipinski definition) is 4. The van der Waals surface area contributed by atoms with Crippen LogP contribution in [-0.4, -0.2) is 31.1 Å². The summed E-state index contributed by atoms with van der Waals surface area (Å²) in [7, 11) is 1.33. The molecule has 0 aliphatic heterocycles. The summed E-state index contributed by atoms with van der Waals surface area (Å²) in [4.78, 5) is 0. The van der Waals surface area contributed by atoms with Gasteiger partial charge in [-0.25, -0.2) is 0 Å². The Kier molecular flexibility index (Phi) is 5.41. The van der Waals surface area contributed by atoms with E-state index in [-0.39, 0.29) is 6.10 Å². The Balaban J connectivity index is 3.86. The average molecular weight is 178 g/mol. The summed E-state index contributed by atoms with van der Waals surface area (Å²) in [6, 6.07) is 0. The van der Waals surface area contributed by atoms with Gasteiger partial charge in [0, 0.05) is 7.11 Å². The lowest BCUT2D eigenvalue weighted by Crippen LogP contribution is -2.40. The van der Waals surface area contributed by atoms with Crippen molar-refractivity contribution in [1.29, 1.82) is 0 Å². The van der Waals surface area contributed by atoms with Crippen molar-refractivity contribution < 1.29 is 19.3 Å². The van der Waals surface area contributed by atoms with E-state index in [1.807, 2.05) is 6.92 Å². The molecule has 1 N–H and O–H groups in total. The van der Waals surface area contributed by atoms with E-state index in [0.717, 1.165) is 6.42 Å². The third-order valence-electron chi connectivity index (χ3n) is 1.13. The molecule has 0 saturated heterocycles. The zero-order chi connectivity index (χ0) is 9.61. The van der Waals surface area contributed by atoms with Crippen molar-refractivity contribution in [2.24, 2.45) is 0 Å². The van der Waals surface area contributed by atoms with Crippen LogP contribution in [0, 0.1) is 0 Å². The minimum absolute atomic E-state index is 0.146. The second kappa shape index (κ2) is 5.48. The van der Waals surface area contributed by atoms with Crippen molar-refractivity contribution in [2.75, 3.05) is 13.7 Å². The van der Waals surface area contributed by atoms with Crippen LogP contribution in [0.4, 0.5) is 0 Å². The topological polar surface area (TPSA) is 47.9 Å². The summed E-state index contributed by atoms with van der Waals surface area (Å²) < 4.78 is 14.6. The lowest BCUT2D eigenvalue weighted by atomic mass is 10.5. The Bertz CT molecular complexity index is 116. The molecule has 0 aromatic carbocycles. The third kappa shape index (κ3) is 4.66. The first-order valence-electron chi connectivity index (χ1n) is 4.13. The number of aliphatic hydroxyl groups is 1. The van der Waals surface area contributed by atoms with Gasteiger partial charge in [0.05, 0.1) is 12.7 Å². The second-order valence-corrected chi connectivity index (χ2v) is 2.74. The van der Waals surface area contributed by atoms with Gasteiger partial charge in [-0.2, -0.15) is 0 Å². The predicted octanol–water partition coefficient (Wildman–Crippen LogP) is 1.09. The molecular weight excluding hydrogens is 160 g/mol. The molecule has 4 heteroatoms. The fourth-order valence-corrected chi connectivity index (χ4v) is 0.670. The van der Waals surface area contributed by atoms with E-state index < -0.39 is 6.16 Å². The quantitative estimate of drug-likeness (QED) is 0.618. The van der Waals surface area contributed by atoms with Crippen molar-refractivity contribution >= 4 is 0 Å². The molecule has 0 aliphatic rings. The molecule has 0 aromatic heterocycles. The largest absolute Gasteiger partial charge is 0.410 e. The van der Waals surface area contributed by atoms with Gasteiger partial charge >= 0.3 is 6.16 Å². The number of ether oxygens (including phenoxy) is 3. The summed E-state index contributed by atoms with van der Waals surface area (Å²) >= 11 is 0. The highest BCUT2D eigenvalue weighted by Crippen LogP contribution is 2.12. The maximum absolute atomic E-state index is 9.45. The van der Waals surface area contributed by atoms with Gasteiger partial charge in [0.15, 0.2) is 0 Å². The molecule has 0 heterocycles. The normalized spacial score (nSPS) is 16.5. The average Bonchev–Trinajstić information content (AvgIpc) is 2.00. The molecule has 0 amide bonds. The lowest BCUT2D eigenvalue weighted by Gasteiger charge is -2.26. The molecule has 0 radical (unpaired) electrons. The van der Waals surface area contributed by atoms with Crippen molar-refractivity contribution in [3.05, 3.63) is 0 Å². The smallest absolute Gasteiger partial charge is 0.319 e. The Morgan fingerprint density at radius 2 is 2.00 bits per heavy atom. The molecule has 12 heavy (non-hydrogen) atoms. The van der Waals surface area contributed by atoms with Gasteiger partial charge in [0.2, 0.25) is 0 Å². The van der Waals surface area contributed by atoms with Crippen molar-refractivity contribution in [3.8, 4) is 0 Å². The molecule has 1 atom stereocenters. The third-order valence-corrected chi connectivity index (χ3v) is 1.13. The number of rotatable bonds is 6. The molecule has 1 unspecified atom stereocenters. The highest BCUT2D eigenvalue weighted by atomic mass is 17.0. The molecular formula is C8H18O4. The van der Waals surface area contributed by atoms with Crippen LogP contribution in [-0.2, 0) is 14.2 Å². The second-order valence-electron chi connectivity index (χ2n) is 2.74. The summed E-state index contributed by atoms with van der Waals surface area (Å²) in [5.74, 6) is 0. The van der Waals surface area contributed by atoms with E-state index in [9.17, 15) is 5.11 Å². The zero-order valence-corrected chi connectivity index (χ0v) is 8.16. The molecule has 0 bridgehead atoms. The number of methoxy groups -OCH3 is 1. The maximum Gasteiger partial charge on any atom is 0.410 e. The lowest BCUT2D eigenvalue weighted by molar-refractivity contribution is -0.486. The first-order valence-corrected chi connectivity index (χ1v) is 4.13. The van der Waals surface area contributed by atoms with E-state index in [1.54, 1.807) is 13.8 Å². The van der Waals surface area contributed by atoms with Crippen LogP contribution in [0.5, 0.6) is 0 Å². The van der Waals surface area contributed by atoms with Crippen molar-refractivity contribution in [2.45, 2.75) is 39.5 Å². The molecule has 0 fully saturated rings. The van der Waals surface area contributed by atoms with E-state index in [1.165, 1.54) is 7.11 Å². The van der Waals surface area contributed by atoms with Crippen LogP contribution >= 0.6 is 0 Å². The Labute approximate surface area is 73.4 Å². The fraction of sp³-hybridized carbons (Fsp3) is 1.00. The molecule has 0 spiro atoms. The summed E-state index contributed by atoms with van der Waals surface area (Å²) in [5, 5.41) is 9.45. The number of hydrogen-bond donors (Lipinski definition) is 1. The summed E-state index contributed by atoms with van der Waals surface area (Å²) in [6.07, 6.45) is -1.23. The summed E-state index contributed by atoms with van der Waals surface area (Å²) in [5.41, 5.74) is 0. The van der Waals surface area contributed by atoms with Gasteiger partial charge < -0.3 is 19.3 Å². The Morgan fingerprint density at radius 1 is 1.42 bits per heavy atom. The van der Waals surface area contributed by atoms with E-state index in [2.05, 4.69) is 4.74 Å². The van der Waals surface area contributed by atoms with E-state index in [4.69, 9.17) is 9.47 Å². The highest BCUT2D eigenvalue weighted by Gasteiger charge is 2.30. The minimum atomic E-state index is -1.88. The van der Waals surface area contributed by atoms with Gasteiger partial charge in [-0.15, -0.1) is 0 Å². The van der Waals surface area contributed by atoms with Crippen LogP contribution in [0.1, 0.15) is 27.2 Å². The van der Waals surface area contributed by atoms with E-state index >= 15 is 0 Å². The monoisotopic (exact) mass is 178 g/mol. The Hall–Kier alpha value is -0.160. The molecule has 0 rings (SSSR count). The minimum Gasteiger partial charge on any atom is -0.319 e. The van der Waals surface area contributed by atoms with Gasteiger partial charge in [-0.1, -0.05) is 6.92 Å². The van der Waals surface area contributed by atoms with Crippen LogP contribution in [0.25, 0.3) is 0 Å². The SMILES string of the molecule is CCCOC(O)(OC)OC(C)C. The van der Waals surface area contributed by atoms with Gasteiger partial charge in [-0.05, 0) is 20.3 Å². The predicted molar refractivity (Wildman–Crippen MR) is 44.4 cm³/mol. The van der Waals surface area contributed by atoms with E-state index in [0.29, 0.717) is 6.61 Å². The molecule has 74 valence electrons. The Morgan fingerprint density at radius 3 is 2.33 bits per heavy atom. The maximum atomic E-state index is 9.45. The molecule has 0 saturated carbocycles. The van der Waals surface area contributed by atoms with Crippen molar-refractivity contribution in [3.63, 3.8) is 0 Å². The van der Waals surface area contributed by atoms with Crippen LogP contribution in [0.15, 0.2) is 0 Å². The molecule has 0 aliphatic carbocycles. The highest BCUT2D eigenvalue weighted by molar-refractivity contribution is 4.41. The summed E-state index contributed by atoms with van der Waals surface area (Å²) in [6.45, 7) is 5.92. The van der Waals surface area contributed by atoms with Crippen LogP contribution in [0.2, 0.25) is 0 Å². The fourth-order valence-electron chi connectivity index (χ4n) is 0.670. The van der Waals surface area contributed by atoms with Crippen LogP contribution < -0.4 is 0 Å².